The second-order valence-electron chi connectivity index (χ2n) is 7.05. The zero-order chi connectivity index (χ0) is 23.5. The number of fused-ring (bicyclic) bond motifs is 1. The highest BCUT2D eigenvalue weighted by Gasteiger charge is 2.15. The molecule has 4 rings (SSSR count). The molecule has 0 unspecified atom stereocenters. The van der Waals surface area contributed by atoms with Gasteiger partial charge in [0.15, 0.2) is 0 Å². The standard InChI is InChI=1S/C24H15Cl2N3O4/c25-19-7-5-16(10-20(19)26)28-23(30)14(11-27)9-15-12-29(21-4-2-1-3-18(15)21)13-17-6-8-22(33-17)24(31)32/h1-10,12H,13H2,(H,28,30)(H,31,32)/b14-9-. The molecule has 0 aliphatic rings. The van der Waals surface area contributed by atoms with Crippen LogP contribution in [0.2, 0.25) is 10.0 Å². The zero-order valence-corrected chi connectivity index (χ0v) is 18.4. The Morgan fingerprint density at radius 2 is 1.91 bits per heavy atom. The molecule has 0 aliphatic carbocycles. The summed E-state index contributed by atoms with van der Waals surface area (Å²) in [5, 5.41) is 22.8. The molecule has 9 heteroatoms. The molecule has 0 saturated carbocycles. The van der Waals surface area contributed by atoms with E-state index in [9.17, 15) is 14.9 Å². The summed E-state index contributed by atoms with van der Waals surface area (Å²) in [5.41, 5.74) is 1.79. The fraction of sp³-hybridized carbons (Fsp3) is 0.0417. The summed E-state index contributed by atoms with van der Waals surface area (Å²) in [6.07, 6.45) is 3.27. The highest BCUT2D eigenvalue weighted by Crippen LogP contribution is 2.27. The summed E-state index contributed by atoms with van der Waals surface area (Å²) in [6.45, 7) is 0.277. The lowest BCUT2D eigenvalue weighted by Gasteiger charge is -2.05. The van der Waals surface area contributed by atoms with Gasteiger partial charge in [0, 0.05) is 28.4 Å². The first-order chi connectivity index (χ1) is 15.9. The van der Waals surface area contributed by atoms with Crippen molar-refractivity contribution in [2.75, 3.05) is 5.32 Å². The number of hydrogen-bond donors (Lipinski definition) is 2. The molecule has 0 bridgehead atoms. The van der Waals surface area contributed by atoms with Gasteiger partial charge in [-0.05, 0) is 42.5 Å². The molecule has 2 aromatic carbocycles. The number of halogens is 2. The van der Waals surface area contributed by atoms with Crippen molar-refractivity contribution >= 4 is 57.7 Å². The van der Waals surface area contributed by atoms with E-state index in [1.807, 2.05) is 34.9 Å². The number of amides is 1. The number of para-hydroxylation sites is 1. The van der Waals surface area contributed by atoms with Gasteiger partial charge in [0.2, 0.25) is 5.76 Å². The molecule has 2 aromatic heterocycles. The molecule has 164 valence electrons. The van der Waals surface area contributed by atoms with Gasteiger partial charge in [-0.15, -0.1) is 0 Å². The molecular weight excluding hydrogens is 465 g/mol. The number of anilines is 1. The monoisotopic (exact) mass is 479 g/mol. The van der Waals surface area contributed by atoms with E-state index in [4.69, 9.17) is 32.7 Å². The predicted molar refractivity (Wildman–Crippen MR) is 125 cm³/mol. The van der Waals surface area contributed by atoms with Crippen LogP contribution in [0.5, 0.6) is 0 Å². The minimum atomic E-state index is -1.14. The Labute approximate surface area is 198 Å². The maximum absolute atomic E-state index is 12.7. The van der Waals surface area contributed by atoms with Crippen LogP contribution in [0.1, 0.15) is 21.9 Å². The SMILES string of the molecule is N#C/C(=C/c1cn(Cc2ccc(C(=O)O)o2)c2ccccc12)C(=O)Nc1ccc(Cl)c(Cl)c1. The normalized spacial score (nSPS) is 11.4. The lowest BCUT2D eigenvalue weighted by molar-refractivity contribution is -0.112. The van der Waals surface area contributed by atoms with Crippen LogP contribution in [-0.2, 0) is 11.3 Å². The Kier molecular flexibility index (Phi) is 6.22. The van der Waals surface area contributed by atoms with E-state index in [-0.39, 0.29) is 22.9 Å². The average Bonchev–Trinajstić information content (AvgIpc) is 3.40. The van der Waals surface area contributed by atoms with E-state index in [0.29, 0.717) is 22.0 Å². The molecule has 0 atom stereocenters. The Bertz CT molecular complexity index is 1460. The van der Waals surface area contributed by atoms with Gasteiger partial charge in [-0.3, -0.25) is 4.79 Å². The number of aromatic carboxylic acids is 1. The van der Waals surface area contributed by atoms with Crippen LogP contribution in [0, 0.1) is 11.3 Å². The number of nitriles is 1. The van der Waals surface area contributed by atoms with E-state index in [2.05, 4.69) is 5.32 Å². The largest absolute Gasteiger partial charge is 0.475 e. The molecule has 0 spiro atoms. The zero-order valence-electron chi connectivity index (χ0n) is 16.9. The average molecular weight is 480 g/mol. The van der Waals surface area contributed by atoms with Gasteiger partial charge in [-0.1, -0.05) is 41.4 Å². The van der Waals surface area contributed by atoms with E-state index in [0.717, 1.165) is 10.9 Å². The van der Waals surface area contributed by atoms with Crippen LogP contribution in [0.3, 0.4) is 0 Å². The minimum Gasteiger partial charge on any atom is -0.475 e. The summed E-state index contributed by atoms with van der Waals surface area (Å²) in [6, 6.07) is 17.0. The highest BCUT2D eigenvalue weighted by molar-refractivity contribution is 6.42. The van der Waals surface area contributed by atoms with Crippen LogP contribution >= 0.6 is 23.2 Å². The molecule has 2 N–H and O–H groups in total. The number of furan rings is 1. The van der Waals surface area contributed by atoms with Crippen molar-refractivity contribution in [3.8, 4) is 6.07 Å². The van der Waals surface area contributed by atoms with Crippen LogP contribution in [0.4, 0.5) is 5.69 Å². The molecule has 4 aromatic rings. The molecule has 0 fully saturated rings. The van der Waals surface area contributed by atoms with Gasteiger partial charge in [0.05, 0.1) is 16.6 Å². The Hall–Kier alpha value is -3.99. The van der Waals surface area contributed by atoms with Crippen molar-refractivity contribution < 1.29 is 19.1 Å². The summed E-state index contributed by atoms with van der Waals surface area (Å²) in [4.78, 5) is 23.8. The molecule has 1 amide bonds. The van der Waals surface area contributed by atoms with E-state index in [1.165, 1.54) is 18.2 Å². The third kappa shape index (κ3) is 4.77. The number of aromatic nitrogens is 1. The number of nitrogens with zero attached hydrogens (tertiary/aromatic N) is 2. The first kappa shape index (κ1) is 22.2. The van der Waals surface area contributed by atoms with Crippen LogP contribution in [0.15, 0.2) is 70.8 Å². The summed E-state index contributed by atoms with van der Waals surface area (Å²) in [5.74, 6) is -1.42. The van der Waals surface area contributed by atoms with Crippen LogP contribution < -0.4 is 5.32 Å². The number of carboxylic acid groups (broad SMARTS) is 1. The first-order valence-electron chi connectivity index (χ1n) is 9.64. The van der Waals surface area contributed by atoms with Crippen molar-refractivity contribution in [1.29, 1.82) is 5.26 Å². The van der Waals surface area contributed by atoms with Gasteiger partial charge in [0.1, 0.15) is 17.4 Å². The number of carbonyl (C=O) groups excluding carboxylic acids is 1. The molecule has 2 heterocycles. The van der Waals surface area contributed by atoms with Crippen molar-refractivity contribution in [2.24, 2.45) is 0 Å². The second kappa shape index (κ2) is 9.25. The fourth-order valence-electron chi connectivity index (χ4n) is 3.34. The Balaban J connectivity index is 1.66. The van der Waals surface area contributed by atoms with Crippen molar-refractivity contribution in [1.82, 2.24) is 4.57 Å². The van der Waals surface area contributed by atoms with Gasteiger partial charge in [-0.25, -0.2) is 4.79 Å². The summed E-state index contributed by atoms with van der Waals surface area (Å²) >= 11 is 11.9. The molecule has 0 aliphatic heterocycles. The lowest BCUT2D eigenvalue weighted by Crippen LogP contribution is -2.13. The fourth-order valence-corrected chi connectivity index (χ4v) is 3.64. The molecule has 0 saturated heterocycles. The quantitative estimate of drug-likeness (QED) is 0.267. The molecular formula is C24H15Cl2N3O4. The van der Waals surface area contributed by atoms with Crippen molar-refractivity contribution in [3.05, 3.63) is 93.5 Å². The maximum Gasteiger partial charge on any atom is 0.371 e. The predicted octanol–water partition coefficient (Wildman–Crippen LogP) is 5.83. The minimum absolute atomic E-state index is 0.102. The van der Waals surface area contributed by atoms with Gasteiger partial charge < -0.3 is 19.4 Å². The van der Waals surface area contributed by atoms with Crippen LogP contribution in [-0.4, -0.2) is 21.6 Å². The van der Waals surface area contributed by atoms with Gasteiger partial charge in [0.25, 0.3) is 5.91 Å². The number of benzene rings is 2. The van der Waals surface area contributed by atoms with E-state index in [1.54, 1.807) is 24.4 Å². The third-order valence-electron chi connectivity index (χ3n) is 4.86. The molecule has 7 nitrogen and oxygen atoms in total. The van der Waals surface area contributed by atoms with E-state index < -0.39 is 11.9 Å². The summed E-state index contributed by atoms with van der Waals surface area (Å²) in [7, 11) is 0. The number of rotatable bonds is 6. The Morgan fingerprint density at radius 3 is 2.61 bits per heavy atom. The number of hydrogen-bond acceptors (Lipinski definition) is 4. The smallest absolute Gasteiger partial charge is 0.371 e. The van der Waals surface area contributed by atoms with Crippen LogP contribution in [0.25, 0.3) is 17.0 Å². The maximum atomic E-state index is 12.7. The van der Waals surface area contributed by atoms with Crippen molar-refractivity contribution in [2.45, 2.75) is 6.54 Å². The molecule has 33 heavy (non-hydrogen) atoms. The topological polar surface area (TPSA) is 108 Å². The Morgan fingerprint density at radius 1 is 1.12 bits per heavy atom. The number of carbonyl (C=O) groups is 2. The lowest BCUT2D eigenvalue weighted by atomic mass is 10.1. The van der Waals surface area contributed by atoms with E-state index >= 15 is 0 Å². The third-order valence-corrected chi connectivity index (χ3v) is 5.60. The number of carboxylic acids is 1. The highest BCUT2D eigenvalue weighted by atomic mass is 35.5. The molecule has 0 radical (unpaired) electrons. The van der Waals surface area contributed by atoms with Gasteiger partial charge in [-0.2, -0.15) is 5.26 Å². The number of nitrogens with one attached hydrogen (secondary N) is 1. The summed E-state index contributed by atoms with van der Waals surface area (Å²) < 4.78 is 7.22. The van der Waals surface area contributed by atoms with Crippen molar-refractivity contribution in [3.63, 3.8) is 0 Å². The second-order valence-corrected chi connectivity index (χ2v) is 7.87. The first-order valence-corrected chi connectivity index (χ1v) is 10.4. The van der Waals surface area contributed by atoms with Gasteiger partial charge >= 0.3 is 5.97 Å².